The molecule has 2 aromatic carbocycles. The van der Waals surface area contributed by atoms with Crippen LogP contribution in [0.25, 0.3) is 0 Å². The van der Waals surface area contributed by atoms with Crippen LogP contribution in [0.2, 0.25) is 0 Å². The summed E-state index contributed by atoms with van der Waals surface area (Å²) in [6.07, 6.45) is 2.81. The van der Waals surface area contributed by atoms with Crippen LogP contribution in [-0.2, 0) is 13.2 Å². The minimum absolute atomic E-state index is 0.259. The van der Waals surface area contributed by atoms with Gasteiger partial charge in [-0.05, 0) is 30.3 Å². The lowest BCUT2D eigenvalue weighted by molar-refractivity contribution is 0.198. The molecule has 3 rings (SSSR count). The Morgan fingerprint density at radius 1 is 1.07 bits per heavy atom. The van der Waals surface area contributed by atoms with Crippen molar-refractivity contribution in [3.8, 4) is 11.8 Å². The molecule has 0 spiro atoms. The number of amides is 1. The highest BCUT2D eigenvalue weighted by atomic mass is 16.5. The first-order valence-electron chi connectivity index (χ1n) is 9.69. The van der Waals surface area contributed by atoms with Gasteiger partial charge in [0, 0.05) is 26.7 Å². The molecule has 3 aromatic rings. The fourth-order valence-corrected chi connectivity index (χ4v) is 2.90. The second kappa shape index (κ2) is 10.2. The number of hydrogen-bond donors (Lipinski definition) is 0. The van der Waals surface area contributed by atoms with Crippen LogP contribution >= 0.6 is 0 Å². The molecular formula is C23H25N5O2. The van der Waals surface area contributed by atoms with Gasteiger partial charge in [-0.25, -0.2) is 4.79 Å². The summed E-state index contributed by atoms with van der Waals surface area (Å²) in [7, 11) is 3.74. The van der Waals surface area contributed by atoms with Crippen LogP contribution in [0.5, 0.6) is 5.75 Å². The molecule has 7 heteroatoms. The molecule has 0 fully saturated rings. The smallest absolute Gasteiger partial charge is 0.344 e. The quantitative estimate of drug-likeness (QED) is 0.577. The van der Waals surface area contributed by atoms with Gasteiger partial charge >= 0.3 is 6.03 Å². The van der Waals surface area contributed by atoms with Crippen LogP contribution in [0.4, 0.5) is 4.79 Å². The molecule has 1 heterocycles. The SMILES string of the molecule is CN(CCN(C)C(=O)n1cc(C#N)cn1)Cc1ccc(OCc2ccccc2)cc1. The Labute approximate surface area is 176 Å². The molecule has 1 amide bonds. The van der Waals surface area contributed by atoms with Crippen molar-refractivity contribution in [3.63, 3.8) is 0 Å². The van der Waals surface area contributed by atoms with Gasteiger partial charge in [-0.15, -0.1) is 0 Å². The fourth-order valence-electron chi connectivity index (χ4n) is 2.90. The number of carbonyl (C=O) groups excluding carboxylic acids is 1. The lowest BCUT2D eigenvalue weighted by Crippen LogP contribution is -2.37. The van der Waals surface area contributed by atoms with Gasteiger partial charge in [0.2, 0.25) is 0 Å². The van der Waals surface area contributed by atoms with Gasteiger partial charge in [0.1, 0.15) is 18.4 Å². The van der Waals surface area contributed by atoms with E-state index < -0.39 is 0 Å². The van der Waals surface area contributed by atoms with Gasteiger partial charge in [-0.3, -0.25) is 0 Å². The van der Waals surface area contributed by atoms with E-state index in [2.05, 4.69) is 22.1 Å². The van der Waals surface area contributed by atoms with Crippen LogP contribution in [0, 0.1) is 11.3 Å². The Balaban J connectivity index is 1.43. The lowest BCUT2D eigenvalue weighted by atomic mass is 10.2. The summed E-state index contributed by atoms with van der Waals surface area (Å²) in [6.45, 7) is 2.57. The maximum Gasteiger partial charge on any atom is 0.344 e. The van der Waals surface area contributed by atoms with Crippen LogP contribution in [0.1, 0.15) is 16.7 Å². The van der Waals surface area contributed by atoms with Crippen molar-refractivity contribution < 1.29 is 9.53 Å². The molecule has 0 aliphatic carbocycles. The molecule has 154 valence electrons. The van der Waals surface area contributed by atoms with E-state index in [1.165, 1.54) is 22.6 Å². The number of nitrogens with zero attached hydrogens (tertiary/aromatic N) is 5. The summed E-state index contributed by atoms with van der Waals surface area (Å²) in [4.78, 5) is 16.1. The van der Waals surface area contributed by atoms with Crippen LogP contribution in [0.15, 0.2) is 67.0 Å². The number of hydrogen-bond acceptors (Lipinski definition) is 5. The minimum atomic E-state index is -0.259. The van der Waals surface area contributed by atoms with Crippen LogP contribution in [-0.4, -0.2) is 52.8 Å². The monoisotopic (exact) mass is 403 g/mol. The van der Waals surface area contributed by atoms with Crippen molar-refractivity contribution in [1.29, 1.82) is 5.26 Å². The van der Waals surface area contributed by atoms with Crippen molar-refractivity contribution in [2.24, 2.45) is 0 Å². The Bertz CT molecular complexity index is 992. The summed E-state index contributed by atoms with van der Waals surface area (Å²) in [5.41, 5.74) is 2.67. The molecule has 0 unspecified atom stereocenters. The fraction of sp³-hybridized carbons (Fsp3) is 0.261. The van der Waals surface area contributed by atoms with E-state index in [9.17, 15) is 4.79 Å². The van der Waals surface area contributed by atoms with Crippen LogP contribution in [0.3, 0.4) is 0 Å². The summed E-state index contributed by atoms with van der Waals surface area (Å²) in [5.74, 6) is 0.839. The van der Waals surface area contributed by atoms with Crippen LogP contribution < -0.4 is 4.74 Å². The second-order valence-electron chi connectivity index (χ2n) is 7.15. The van der Waals surface area contributed by atoms with E-state index in [-0.39, 0.29) is 6.03 Å². The maximum absolute atomic E-state index is 12.3. The zero-order valence-electron chi connectivity index (χ0n) is 17.2. The van der Waals surface area contributed by atoms with E-state index in [0.717, 1.165) is 17.9 Å². The first-order chi connectivity index (χ1) is 14.5. The van der Waals surface area contributed by atoms with Crippen molar-refractivity contribution >= 4 is 6.03 Å². The summed E-state index contributed by atoms with van der Waals surface area (Å²) < 4.78 is 7.01. The number of nitriles is 1. The predicted octanol–water partition coefficient (Wildman–Crippen LogP) is 3.37. The van der Waals surface area contributed by atoms with E-state index in [4.69, 9.17) is 10.00 Å². The van der Waals surface area contributed by atoms with Gasteiger partial charge in [-0.2, -0.15) is 15.0 Å². The van der Waals surface area contributed by atoms with E-state index in [1.807, 2.05) is 55.6 Å². The molecule has 0 saturated carbocycles. The highest BCUT2D eigenvalue weighted by Crippen LogP contribution is 2.15. The number of carbonyl (C=O) groups is 1. The molecule has 0 saturated heterocycles. The topological polar surface area (TPSA) is 74.4 Å². The third kappa shape index (κ3) is 5.93. The van der Waals surface area contributed by atoms with Gasteiger partial charge in [0.25, 0.3) is 0 Å². The first-order valence-corrected chi connectivity index (χ1v) is 9.69. The van der Waals surface area contributed by atoms with E-state index >= 15 is 0 Å². The molecular weight excluding hydrogens is 378 g/mol. The Morgan fingerprint density at radius 3 is 2.47 bits per heavy atom. The molecule has 0 bridgehead atoms. The molecule has 0 radical (unpaired) electrons. The third-order valence-electron chi connectivity index (χ3n) is 4.68. The Morgan fingerprint density at radius 2 is 1.80 bits per heavy atom. The summed E-state index contributed by atoms with van der Waals surface area (Å²) in [6, 6.07) is 19.8. The van der Waals surface area contributed by atoms with E-state index in [0.29, 0.717) is 25.3 Å². The lowest BCUT2D eigenvalue weighted by Gasteiger charge is -2.22. The summed E-state index contributed by atoms with van der Waals surface area (Å²) in [5, 5.41) is 12.8. The first kappa shape index (κ1) is 21.1. The predicted molar refractivity (Wildman–Crippen MR) is 114 cm³/mol. The third-order valence-corrected chi connectivity index (χ3v) is 4.68. The Kier molecular flexibility index (Phi) is 7.19. The molecule has 7 nitrogen and oxygen atoms in total. The second-order valence-corrected chi connectivity index (χ2v) is 7.15. The van der Waals surface area contributed by atoms with Crippen molar-refractivity contribution in [1.82, 2.24) is 19.6 Å². The molecule has 30 heavy (non-hydrogen) atoms. The number of likely N-dealkylation sites (N-methyl/N-ethyl adjacent to an activating group) is 2. The van der Waals surface area contributed by atoms with Gasteiger partial charge < -0.3 is 14.5 Å². The highest BCUT2D eigenvalue weighted by Gasteiger charge is 2.13. The number of rotatable bonds is 8. The zero-order valence-corrected chi connectivity index (χ0v) is 17.2. The molecule has 0 aliphatic rings. The van der Waals surface area contributed by atoms with Crippen molar-refractivity contribution in [3.05, 3.63) is 83.7 Å². The average molecular weight is 403 g/mol. The molecule has 0 aliphatic heterocycles. The van der Waals surface area contributed by atoms with Gasteiger partial charge in [0.05, 0.1) is 18.0 Å². The normalized spacial score (nSPS) is 10.6. The zero-order chi connectivity index (χ0) is 21.3. The van der Waals surface area contributed by atoms with Crippen molar-refractivity contribution in [2.45, 2.75) is 13.2 Å². The largest absolute Gasteiger partial charge is 0.489 e. The molecule has 1 aromatic heterocycles. The average Bonchev–Trinajstić information content (AvgIpc) is 3.26. The van der Waals surface area contributed by atoms with E-state index in [1.54, 1.807) is 11.9 Å². The molecule has 0 N–H and O–H groups in total. The molecule has 0 atom stereocenters. The minimum Gasteiger partial charge on any atom is -0.489 e. The maximum atomic E-state index is 12.3. The van der Waals surface area contributed by atoms with Crippen molar-refractivity contribution in [2.75, 3.05) is 27.2 Å². The number of aromatic nitrogens is 2. The number of benzene rings is 2. The standard InChI is InChI=1S/C23H25N5O2/c1-26(12-13-27(2)23(29)28-17-21(14-24)15-25-28)16-19-8-10-22(11-9-19)30-18-20-6-4-3-5-7-20/h3-11,15,17H,12-13,16,18H2,1-2H3. The summed E-state index contributed by atoms with van der Waals surface area (Å²) >= 11 is 0. The highest BCUT2D eigenvalue weighted by molar-refractivity contribution is 5.75. The Hall–Kier alpha value is -3.63. The van der Waals surface area contributed by atoms with Gasteiger partial charge in [-0.1, -0.05) is 42.5 Å². The van der Waals surface area contributed by atoms with Gasteiger partial charge in [0.15, 0.2) is 0 Å². The number of ether oxygens (including phenoxy) is 1.